The van der Waals surface area contributed by atoms with Crippen LogP contribution in [0.1, 0.15) is 61.8 Å². The van der Waals surface area contributed by atoms with Crippen molar-refractivity contribution in [2.24, 2.45) is 0 Å². The zero-order valence-electron chi connectivity index (χ0n) is 19.8. The van der Waals surface area contributed by atoms with Crippen LogP contribution in [0.2, 0.25) is 0 Å². The maximum absolute atomic E-state index is 2.32. The lowest BCUT2D eigenvalue weighted by molar-refractivity contribution is 0.599. The third kappa shape index (κ3) is 4.80. The molecule has 1 heteroatoms. The molecule has 4 aromatic carbocycles. The molecule has 168 valence electrons. The van der Waals surface area contributed by atoms with Crippen molar-refractivity contribution in [3.05, 3.63) is 144 Å². The summed E-state index contributed by atoms with van der Waals surface area (Å²) in [6.07, 6.45) is 4.39. The van der Waals surface area contributed by atoms with E-state index in [9.17, 15) is 0 Å². The number of benzene rings is 4. The highest BCUT2D eigenvalue weighted by molar-refractivity contribution is 8.01. The van der Waals surface area contributed by atoms with Gasteiger partial charge in [0.05, 0.1) is 9.49 Å². The van der Waals surface area contributed by atoms with E-state index in [1.54, 1.807) is 0 Å². The van der Waals surface area contributed by atoms with Gasteiger partial charge in [-0.15, -0.1) is 11.8 Å². The summed E-state index contributed by atoms with van der Waals surface area (Å²) in [7, 11) is 0. The number of thioether (sulfide) groups is 1. The number of hydrogen-bond donors (Lipinski definition) is 0. The Balaban J connectivity index is 2.01. The van der Waals surface area contributed by atoms with Gasteiger partial charge in [-0.2, -0.15) is 0 Å². The molecule has 0 amide bonds. The normalized spacial score (nSPS) is 11.9. The van der Waals surface area contributed by atoms with Crippen LogP contribution in [0.25, 0.3) is 0 Å². The second-order valence-corrected chi connectivity index (χ2v) is 10.3. The Hall–Kier alpha value is -2.77. The zero-order valence-corrected chi connectivity index (χ0v) is 20.6. The molecule has 0 saturated heterocycles. The Labute approximate surface area is 204 Å². The van der Waals surface area contributed by atoms with E-state index >= 15 is 0 Å². The molecule has 33 heavy (non-hydrogen) atoms. The van der Waals surface area contributed by atoms with Gasteiger partial charge in [0.1, 0.15) is 0 Å². The lowest BCUT2D eigenvalue weighted by Crippen LogP contribution is -2.34. The van der Waals surface area contributed by atoms with Crippen LogP contribution in [0, 0.1) is 0 Å². The molecule has 0 spiro atoms. The average molecular weight is 451 g/mol. The predicted octanol–water partition coefficient (Wildman–Crippen LogP) is 9.21. The van der Waals surface area contributed by atoms with Crippen LogP contribution in [-0.4, -0.2) is 0 Å². The Bertz CT molecular complexity index is 918. The first-order chi connectivity index (χ1) is 16.2. The van der Waals surface area contributed by atoms with Crippen molar-refractivity contribution >= 4 is 11.8 Å². The van der Waals surface area contributed by atoms with Crippen molar-refractivity contribution in [3.63, 3.8) is 0 Å². The van der Waals surface area contributed by atoms with Crippen molar-refractivity contribution in [2.45, 2.75) is 49.0 Å². The van der Waals surface area contributed by atoms with Crippen LogP contribution in [0.5, 0.6) is 0 Å². The van der Waals surface area contributed by atoms with Crippen LogP contribution in [0.3, 0.4) is 0 Å². The van der Waals surface area contributed by atoms with Crippen molar-refractivity contribution in [1.82, 2.24) is 0 Å². The molecule has 0 aromatic heterocycles. The monoisotopic (exact) mass is 450 g/mol. The highest BCUT2D eigenvalue weighted by Crippen LogP contribution is 2.59. The van der Waals surface area contributed by atoms with Gasteiger partial charge in [0.25, 0.3) is 0 Å². The fourth-order valence-corrected chi connectivity index (χ4v) is 7.30. The van der Waals surface area contributed by atoms with E-state index in [1.807, 2.05) is 0 Å². The van der Waals surface area contributed by atoms with E-state index in [-0.39, 0.29) is 9.49 Å². The minimum absolute atomic E-state index is 0.155. The lowest BCUT2D eigenvalue weighted by atomic mass is 9.85. The molecule has 0 nitrogen and oxygen atoms in total. The molecular weight excluding hydrogens is 416 g/mol. The van der Waals surface area contributed by atoms with Crippen molar-refractivity contribution in [1.29, 1.82) is 0 Å². The summed E-state index contributed by atoms with van der Waals surface area (Å²) in [6.45, 7) is 4.63. The Kier molecular flexibility index (Phi) is 7.73. The SMILES string of the molecule is CCCC(SC(CCC)(c1ccccc1)c1ccccc1)(c1ccccc1)c1ccccc1. The molecule has 0 saturated carbocycles. The molecule has 0 aliphatic rings. The standard InChI is InChI=1S/C32H34S/c1-3-25-31(27-17-9-5-10-18-27,28-19-11-6-12-20-28)33-32(26-4-2,29-21-13-7-14-22-29)30-23-15-8-16-24-30/h5-24H,3-4,25-26H2,1-2H3. The molecule has 4 rings (SSSR count). The van der Waals surface area contributed by atoms with Gasteiger partial charge in [0.15, 0.2) is 0 Å². The smallest absolute Gasteiger partial charge is 0.0669 e. The maximum atomic E-state index is 2.32. The van der Waals surface area contributed by atoms with E-state index in [0.717, 1.165) is 25.7 Å². The topological polar surface area (TPSA) is 0 Å². The van der Waals surface area contributed by atoms with Gasteiger partial charge in [0, 0.05) is 0 Å². The van der Waals surface area contributed by atoms with Gasteiger partial charge in [-0.25, -0.2) is 0 Å². The first-order valence-electron chi connectivity index (χ1n) is 12.2. The third-order valence-electron chi connectivity index (χ3n) is 6.51. The molecule has 0 N–H and O–H groups in total. The fourth-order valence-electron chi connectivity index (χ4n) is 5.08. The molecule has 0 aliphatic heterocycles. The van der Waals surface area contributed by atoms with E-state index in [0.29, 0.717) is 0 Å². The molecule has 0 unspecified atom stereocenters. The highest BCUT2D eigenvalue weighted by atomic mass is 32.2. The summed E-state index contributed by atoms with van der Waals surface area (Å²) in [6, 6.07) is 44.6. The average Bonchev–Trinajstić information content (AvgIpc) is 2.90. The molecule has 0 radical (unpaired) electrons. The van der Waals surface area contributed by atoms with Gasteiger partial charge >= 0.3 is 0 Å². The second-order valence-electron chi connectivity index (χ2n) is 8.72. The van der Waals surface area contributed by atoms with Crippen LogP contribution < -0.4 is 0 Å². The van der Waals surface area contributed by atoms with E-state index in [2.05, 4.69) is 147 Å². The largest absolute Gasteiger partial charge is 0.129 e. The summed E-state index contributed by atoms with van der Waals surface area (Å²) in [5.41, 5.74) is 5.54. The summed E-state index contributed by atoms with van der Waals surface area (Å²) < 4.78 is -0.309. The first kappa shape index (κ1) is 23.4. The van der Waals surface area contributed by atoms with Gasteiger partial charge < -0.3 is 0 Å². The summed E-state index contributed by atoms with van der Waals surface area (Å²) in [5, 5.41) is 0. The van der Waals surface area contributed by atoms with Crippen LogP contribution >= 0.6 is 11.8 Å². The molecule has 0 atom stereocenters. The van der Waals surface area contributed by atoms with Crippen molar-refractivity contribution in [2.75, 3.05) is 0 Å². The zero-order chi connectivity index (χ0) is 23.0. The predicted molar refractivity (Wildman–Crippen MR) is 145 cm³/mol. The van der Waals surface area contributed by atoms with Crippen molar-refractivity contribution in [3.8, 4) is 0 Å². The van der Waals surface area contributed by atoms with Gasteiger partial charge in [0.2, 0.25) is 0 Å². The quantitative estimate of drug-likeness (QED) is 0.232. The Morgan fingerprint density at radius 2 is 0.667 bits per heavy atom. The molecule has 0 fully saturated rings. The molecule has 0 heterocycles. The Morgan fingerprint density at radius 1 is 0.424 bits per heavy atom. The number of hydrogen-bond acceptors (Lipinski definition) is 1. The number of rotatable bonds is 10. The van der Waals surface area contributed by atoms with Crippen molar-refractivity contribution < 1.29 is 0 Å². The summed E-state index contributed by atoms with van der Waals surface area (Å²) in [5.74, 6) is 0. The molecule has 4 aromatic rings. The Morgan fingerprint density at radius 3 is 0.879 bits per heavy atom. The van der Waals surface area contributed by atoms with Gasteiger partial charge in [-0.3, -0.25) is 0 Å². The van der Waals surface area contributed by atoms with Crippen LogP contribution in [-0.2, 0) is 9.49 Å². The van der Waals surface area contributed by atoms with Gasteiger partial charge in [-0.1, -0.05) is 148 Å². The second kappa shape index (κ2) is 10.9. The van der Waals surface area contributed by atoms with Gasteiger partial charge in [-0.05, 0) is 35.1 Å². The van der Waals surface area contributed by atoms with Crippen LogP contribution in [0.4, 0.5) is 0 Å². The van der Waals surface area contributed by atoms with E-state index < -0.39 is 0 Å². The maximum Gasteiger partial charge on any atom is 0.0669 e. The summed E-state index contributed by atoms with van der Waals surface area (Å²) >= 11 is 2.15. The summed E-state index contributed by atoms with van der Waals surface area (Å²) in [4.78, 5) is 0. The molecule has 0 bridgehead atoms. The minimum Gasteiger partial charge on any atom is -0.129 e. The highest BCUT2D eigenvalue weighted by Gasteiger charge is 2.45. The minimum atomic E-state index is -0.155. The van der Waals surface area contributed by atoms with Crippen LogP contribution in [0.15, 0.2) is 121 Å². The first-order valence-corrected chi connectivity index (χ1v) is 13.0. The van der Waals surface area contributed by atoms with E-state index in [1.165, 1.54) is 22.3 Å². The van der Waals surface area contributed by atoms with E-state index in [4.69, 9.17) is 0 Å². The lowest BCUT2D eigenvalue weighted by Gasteiger charge is -2.45. The molecule has 0 aliphatic carbocycles. The molecular formula is C32H34S. The fraction of sp³-hybridized carbons (Fsp3) is 0.250. The third-order valence-corrected chi connectivity index (χ3v) is 8.56.